The number of carbonyl (C=O) groups is 1. The Hall–Kier alpha value is -1.85. The molecule has 2 N–H and O–H groups in total. The Kier molecular flexibility index (Phi) is 4.98. The van der Waals surface area contributed by atoms with Crippen molar-refractivity contribution in [2.45, 2.75) is 18.9 Å². The number of amides is 1. The first kappa shape index (κ1) is 15.5. The molecule has 0 radical (unpaired) electrons. The highest BCUT2D eigenvalue weighted by molar-refractivity contribution is 5.93. The van der Waals surface area contributed by atoms with Crippen LogP contribution >= 0.6 is 12.4 Å². The van der Waals surface area contributed by atoms with E-state index >= 15 is 0 Å². The molecule has 1 fully saturated rings. The van der Waals surface area contributed by atoms with Crippen molar-refractivity contribution >= 4 is 18.3 Å². The fourth-order valence-electron chi connectivity index (χ4n) is 2.38. The second-order valence-corrected chi connectivity index (χ2v) is 5.07. The lowest BCUT2D eigenvalue weighted by Crippen LogP contribution is -2.42. The van der Waals surface area contributed by atoms with Gasteiger partial charge in [-0.05, 0) is 12.8 Å². The first-order valence-electron chi connectivity index (χ1n) is 6.81. The van der Waals surface area contributed by atoms with Crippen LogP contribution in [-0.4, -0.2) is 35.1 Å². The predicted octanol–water partition coefficient (Wildman–Crippen LogP) is 2.33. The number of hydrogen-bond acceptors (Lipinski definition) is 4. The largest absolute Gasteiger partial charge is 0.355 e. The minimum Gasteiger partial charge on any atom is -0.355 e. The van der Waals surface area contributed by atoms with E-state index in [1.54, 1.807) is 11.0 Å². The van der Waals surface area contributed by atoms with E-state index in [2.05, 4.69) is 5.16 Å². The zero-order chi connectivity index (χ0) is 13.9. The number of nitrogens with zero attached hydrogens (tertiary/aromatic N) is 2. The summed E-state index contributed by atoms with van der Waals surface area (Å²) < 4.78 is 5.26. The molecule has 5 nitrogen and oxygen atoms in total. The van der Waals surface area contributed by atoms with Gasteiger partial charge in [0.1, 0.15) is 0 Å². The van der Waals surface area contributed by atoms with Crippen LogP contribution in [0.2, 0.25) is 0 Å². The van der Waals surface area contributed by atoms with Crippen LogP contribution in [0.4, 0.5) is 0 Å². The number of nitrogens with two attached hydrogens (primary N) is 1. The Balaban J connectivity index is 0.00000161. The number of benzene rings is 1. The van der Waals surface area contributed by atoms with Crippen LogP contribution < -0.4 is 5.73 Å². The van der Waals surface area contributed by atoms with Gasteiger partial charge in [-0.15, -0.1) is 12.4 Å². The van der Waals surface area contributed by atoms with Crippen LogP contribution in [0, 0.1) is 0 Å². The molecule has 1 aliphatic rings. The molecule has 1 aromatic heterocycles. The molecule has 0 atom stereocenters. The van der Waals surface area contributed by atoms with Crippen LogP contribution in [-0.2, 0) is 0 Å². The molecule has 1 amide bonds. The van der Waals surface area contributed by atoms with Gasteiger partial charge in [-0.3, -0.25) is 4.79 Å². The third-order valence-electron chi connectivity index (χ3n) is 3.61. The van der Waals surface area contributed by atoms with Crippen molar-refractivity contribution in [1.82, 2.24) is 10.1 Å². The summed E-state index contributed by atoms with van der Waals surface area (Å²) in [5.41, 5.74) is 7.12. The first-order valence-corrected chi connectivity index (χ1v) is 6.81. The van der Waals surface area contributed by atoms with Gasteiger partial charge < -0.3 is 15.2 Å². The fourth-order valence-corrected chi connectivity index (χ4v) is 2.38. The van der Waals surface area contributed by atoms with Crippen LogP contribution in [0.15, 0.2) is 40.9 Å². The molecule has 112 valence electrons. The quantitative estimate of drug-likeness (QED) is 0.924. The minimum absolute atomic E-state index is 0. The smallest absolute Gasteiger partial charge is 0.276 e. The van der Waals surface area contributed by atoms with Gasteiger partial charge in [0.2, 0.25) is 0 Å². The number of halogens is 1. The maximum atomic E-state index is 12.3. The summed E-state index contributed by atoms with van der Waals surface area (Å²) >= 11 is 0. The molecule has 1 aliphatic heterocycles. The Bertz CT molecular complexity index is 592. The van der Waals surface area contributed by atoms with E-state index in [1.807, 2.05) is 30.3 Å². The zero-order valence-corrected chi connectivity index (χ0v) is 12.4. The summed E-state index contributed by atoms with van der Waals surface area (Å²) in [6.07, 6.45) is 1.68. The molecular weight excluding hydrogens is 290 g/mol. The third kappa shape index (κ3) is 3.43. The van der Waals surface area contributed by atoms with Gasteiger partial charge in [-0.1, -0.05) is 35.5 Å². The van der Waals surface area contributed by atoms with E-state index in [4.69, 9.17) is 10.3 Å². The van der Waals surface area contributed by atoms with E-state index in [0.29, 0.717) is 24.5 Å². The fraction of sp³-hybridized carbons (Fsp3) is 0.333. The molecule has 2 heterocycles. The lowest BCUT2D eigenvalue weighted by molar-refractivity contribution is 0.0704. The van der Waals surface area contributed by atoms with E-state index in [9.17, 15) is 4.79 Å². The van der Waals surface area contributed by atoms with E-state index < -0.39 is 0 Å². The Morgan fingerprint density at radius 1 is 1.24 bits per heavy atom. The molecule has 0 aliphatic carbocycles. The lowest BCUT2D eigenvalue weighted by atomic mass is 10.1. The number of rotatable bonds is 2. The van der Waals surface area contributed by atoms with Crippen molar-refractivity contribution in [2.75, 3.05) is 13.1 Å². The molecule has 0 saturated carbocycles. The number of piperidine rings is 1. The molecule has 0 spiro atoms. The van der Waals surface area contributed by atoms with Crippen molar-refractivity contribution in [3.8, 4) is 11.3 Å². The number of carbonyl (C=O) groups excluding carboxylic acids is 1. The van der Waals surface area contributed by atoms with Crippen LogP contribution in [0.5, 0.6) is 0 Å². The van der Waals surface area contributed by atoms with E-state index in [1.165, 1.54) is 0 Å². The number of hydrogen-bond donors (Lipinski definition) is 1. The predicted molar refractivity (Wildman–Crippen MR) is 82.3 cm³/mol. The highest BCUT2D eigenvalue weighted by Crippen LogP contribution is 2.21. The molecule has 21 heavy (non-hydrogen) atoms. The average Bonchev–Trinajstić information content (AvgIpc) is 2.98. The van der Waals surface area contributed by atoms with E-state index in [-0.39, 0.29) is 24.4 Å². The van der Waals surface area contributed by atoms with Crippen molar-refractivity contribution < 1.29 is 9.32 Å². The molecule has 0 bridgehead atoms. The molecule has 3 rings (SSSR count). The SMILES string of the molecule is Cl.NC1CCN(C(=O)c2cc(-c3ccccc3)on2)CC1. The van der Waals surface area contributed by atoms with Gasteiger partial charge in [0, 0.05) is 30.8 Å². The zero-order valence-electron chi connectivity index (χ0n) is 11.6. The van der Waals surface area contributed by atoms with Crippen LogP contribution in [0.3, 0.4) is 0 Å². The summed E-state index contributed by atoms with van der Waals surface area (Å²) in [5.74, 6) is 0.533. The molecule has 2 aromatic rings. The van der Waals surface area contributed by atoms with Gasteiger partial charge in [0.15, 0.2) is 11.5 Å². The Morgan fingerprint density at radius 2 is 1.90 bits per heavy atom. The minimum atomic E-state index is -0.0807. The molecule has 6 heteroatoms. The highest BCUT2D eigenvalue weighted by Gasteiger charge is 2.24. The van der Waals surface area contributed by atoms with Gasteiger partial charge in [-0.2, -0.15) is 0 Å². The molecular formula is C15H18ClN3O2. The topological polar surface area (TPSA) is 72.4 Å². The van der Waals surface area contributed by atoms with Gasteiger partial charge in [-0.25, -0.2) is 0 Å². The maximum absolute atomic E-state index is 12.3. The van der Waals surface area contributed by atoms with Crippen molar-refractivity contribution in [1.29, 1.82) is 0 Å². The van der Waals surface area contributed by atoms with Crippen molar-refractivity contribution in [3.05, 3.63) is 42.1 Å². The van der Waals surface area contributed by atoms with Crippen LogP contribution in [0.25, 0.3) is 11.3 Å². The van der Waals surface area contributed by atoms with E-state index in [0.717, 1.165) is 18.4 Å². The lowest BCUT2D eigenvalue weighted by Gasteiger charge is -2.29. The third-order valence-corrected chi connectivity index (χ3v) is 3.61. The molecule has 1 aromatic carbocycles. The Morgan fingerprint density at radius 3 is 2.57 bits per heavy atom. The molecule has 0 unspecified atom stereocenters. The Labute approximate surface area is 129 Å². The molecule has 1 saturated heterocycles. The monoisotopic (exact) mass is 307 g/mol. The standard InChI is InChI=1S/C15H17N3O2.ClH/c16-12-6-8-18(9-7-12)15(19)13-10-14(20-17-13)11-4-2-1-3-5-11;/h1-5,10,12H,6-9,16H2;1H. The number of likely N-dealkylation sites (tertiary alicyclic amines) is 1. The van der Waals surface area contributed by atoms with Gasteiger partial charge >= 0.3 is 0 Å². The van der Waals surface area contributed by atoms with Crippen LogP contribution in [0.1, 0.15) is 23.3 Å². The van der Waals surface area contributed by atoms with Crippen molar-refractivity contribution in [3.63, 3.8) is 0 Å². The van der Waals surface area contributed by atoms with Crippen molar-refractivity contribution in [2.24, 2.45) is 5.73 Å². The second-order valence-electron chi connectivity index (χ2n) is 5.07. The first-order chi connectivity index (χ1) is 9.74. The summed E-state index contributed by atoms with van der Waals surface area (Å²) in [4.78, 5) is 14.1. The normalized spacial score (nSPS) is 15.6. The summed E-state index contributed by atoms with van der Waals surface area (Å²) in [7, 11) is 0. The average molecular weight is 308 g/mol. The number of aromatic nitrogens is 1. The summed E-state index contributed by atoms with van der Waals surface area (Å²) in [6.45, 7) is 1.38. The second kappa shape index (κ2) is 6.74. The summed E-state index contributed by atoms with van der Waals surface area (Å²) in [5, 5.41) is 3.89. The summed E-state index contributed by atoms with van der Waals surface area (Å²) in [6, 6.07) is 11.5. The van der Waals surface area contributed by atoms with Gasteiger partial charge in [0.05, 0.1) is 0 Å². The van der Waals surface area contributed by atoms with Gasteiger partial charge in [0.25, 0.3) is 5.91 Å². The highest BCUT2D eigenvalue weighted by atomic mass is 35.5. The maximum Gasteiger partial charge on any atom is 0.276 e.